The molecule has 1 N–H and O–H groups in total. The van der Waals surface area contributed by atoms with Crippen LogP contribution in [0.3, 0.4) is 0 Å². The molecule has 2 aromatic rings. The zero-order valence-corrected chi connectivity index (χ0v) is 13.9. The number of unbranched alkanes of at least 4 members (excludes halogenated alkanes) is 4. The van der Waals surface area contributed by atoms with Crippen molar-refractivity contribution in [1.29, 1.82) is 0 Å². The first kappa shape index (κ1) is 16.7. The van der Waals surface area contributed by atoms with E-state index < -0.39 is 0 Å². The van der Waals surface area contributed by atoms with Gasteiger partial charge in [-0.25, -0.2) is 15.0 Å². The van der Waals surface area contributed by atoms with Gasteiger partial charge in [-0.15, -0.1) is 0 Å². The number of aromatic amines is 1. The summed E-state index contributed by atoms with van der Waals surface area (Å²) < 4.78 is 0. The molecule has 0 aliphatic heterocycles. The Bertz CT molecular complexity index is 497. The van der Waals surface area contributed by atoms with Crippen LogP contribution in [-0.2, 0) is 5.41 Å². The minimum Gasteiger partial charge on any atom is -0.348 e. The number of hydrogen-bond acceptors (Lipinski definition) is 3. The number of nitrogens with one attached hydrogen (secondary N) is 1. The van der Waals surface area contributed by atoms with Crippen LogP contribution < -0.4 is 0 Å². The molecule has 0 spiro atoms. The van der Waals surface area contributed by atoms with E-state index in [9.17, 15) is 0 Å². The maximum absolute atomic E-state index is 4.59. The van der Waals surface area contributed by atoms with Crippen molar-refractivity contribution >= 4 is 0 Å². The molecule has 2 aromatic heterocycles. The zero-order chi connectivity index (χ0) is 15.7. The van der Waals surface area contributed by atoms with E-state index in [1.54, 1.807) is 0 Å². The highest BCUT2D eigenvalue weighted by Crippen LogP contribution is 2.38. The second-order valence-corrected chi connectivity index (χ2v) is 6.01. The molecule has 2 heterocycles. The molecule has 0 saturated carbocycles. The van der Waals surface area contributed by atoms with Crippen molar-refractivity contribution in [2.45, 2.75) is 70.6 Å². The summed E-state index contributed by atoms with van der Waals surface area (Å²) in [5.74, 6) is 1.93. The Balaban J connectivity index is 2.34. The highest BCUT2D eigenvalue weighted by atomic mass is 15.0. The standard InChI is InChI=1S/C18H28N4/c1-3-5-7-10-18(11-8-6-4-2,17-21-14-15-22-17)16-19-12-9-13-20-16/h9,12-15H,3-8,10-11H2,1-2H3,(H,21,22). The highest BCUT2D eigenvalue weighted by Gasteiger charge is 2.38. The third-order valence-electron chi connectivity index (χ3n) is 4.36. The van der Waals surface area contributed by atoms with Gasteiger partial charge >= 0.3 is 0 Å². The lowest BCUT2D eigenvalue weighted by atomic mass is 9.76. The van der Waals surface area contributed by atoms with Gasteiger partial charge in [0.25, 0.3) is 0 Å². The van der Waals surface area contributed by atoms with Crippen molar-refractivity contribution in [1.82, 2.24) is 19.9 Å². The van der Waals surface area contributed by atoms with Crippen LogP contribution in [0.1, 0.15) is 76.9 Å². The molecule has 0 aliphatic carbocycles. The molecule has 4 heteroatoms. The number of rotatable bonds is 10. The molecule has 120 valence electrons. The molecule has 4 nitrogen and oxygen atoms in total. The van der Waals surface area contributed by atoms with E-state index in [1.807, 2.05) is 30.9 Å². The first-order valence-corrected chi connectivity index (χ1v) is 8.61. The van der Waals surface area contributed by atoms with E-state index in [4.69, 9.17) is 0 Å². The van der Waals surface area contributed by atoms with Crippen LogP contribution in [0, 0.1) is 0 Å². The van der Waals surface area contributed by atoms with E-state index in [0.717, 1.165) is 24.5 Å². The van der Waals surface area contributed by atoms with Crippen LogP contribution in [0.15, 0.2) is 30.9 Å². The fraction of sp³-hybridized carbons (Fsp3) is 0.611. The van der Waals surface area contributed by atoms with Gasteiger partial charge in [-0.2, -0.15) is 0 Å². The van der Waals surface area contributed by atoms with Gasteiger partial charge < -0.3 is 4.98 Å². The van der Waals surface area contributed by atoms with Crippen LogP contribution in [0.5, 0.6) is 0 Å². The predicted molar refractivity (Wildman–Crippen MR) is 89.7 cm³/mol. The molecule has 0 bridgehead atoms. The van der Waals surface area contributed by atoms with Gasteiger partial charge in [0.1, 0.15) is 11.6 Å². The SMILES string of the molecule is CCCCCC(CCCCC)(c1ncccn1)c1ncc[nH]1. The molecule has 0 radical (unpaired) electrons. The summed E-state index contributed by atoms with van der Waals surface area (Å²) in [6.45, 7) is 4.48. The van der Waals surface area contributed by atoms with Crippen LogP contribution in [0.4, 0.5) is 0 Å². The van der Waals surface area contributed by atoms with Gasteiger partial charge in [0.15, 0.2) is 0 Å². The second kappa shape index (κ2) is 8.66. The maximum Gasteiger partial charge on any atom is 0.141 e. The quantitative estimate of drug-likeness (QED) is 0.650. The average molecular weight is 300 g/mol. The average Bonchev–Trinajstić information content (AvgIpc) is 3.09. The van der Waals surface area contributed by atoms with Crippen LogP contribution in [0.25, 0.3) is 0 Å². The van der Waals surface area contributed by atoms with E-state index in [0.29, 0.717) is 0 Å². The van der Waals surface area contributed by atoms with Gasteiger partial charge in [-0.3, -0.25) is 0 Å². The Morgan fingerprint density at radius 3 is 2.00 bits per heavy atom. The molecule has 0 unspecified atom stereocenters. The number of hydrogen-bond donors (Lipinski definition) is 1. The molecule has 0 aliphatic rings. The van der Waals surface area contributed by atoms with E-state index in [-0.39, 0.29) is 5.41 Å². The minimum atomic E-state index is -0.172. The number of aromatic nitrogens is 4. The van der Waals surface area contributed by atoms with Crippen molar-refractivity contribution in [3.8, 4) is 0 Å². The van der Waals surface area contributed by atoms with E-state index in [1.165, 1.54) is 38.5 Å². The molecule has 0 fully saturated rings. The summed E-state index contributed by atoms with van der Waals surface area (Å²) in [4.78, 5) is 17.1. The maximum atomic E-state index is 4.59. The van der Waals surface area contributed by atoms with Gasteiger partial charge in [-0.05, 0) is 18.9 Å². The normalized spacial score (nSPS) is 11.7. The molecule has 22 heavy (non-hydrogen) atoms. The van der Waals surface area contributed by atoms with Gasteiger partial charge in [-0.1, -0.05) is 52.4 Å². The summed E-state index contributed by atoms with van der Waals surface area (Å²) in [6.07, 6.45) is 16.8. The molecular formula is C18H28N4. The lowest BCUT2D eigenvalue weighted by Crippen LogP contribution is -2.32. The fourth-order valence-corrected chi connectivity index (χ4v) is 3.12. The summed E-state index contributed by atoms with van der Waals surface area (Å²) in [7, 11) is 0. The smallest absolute Gasteiger partial charge is 0.141 e. The van der Waals surface area contributed by atoms with Crippen molar-refractivity contribution in [3.05, 3.63) is 42.5 Å². The van der Waals surface area contributed by atoms with Gasteiger partial charge in [0.05, 0.1) is 5.41 Å². The number of nitrogens with zero attached hydrogens (tertiary/aromatic N) is 3. The first-order chi connectivity index (χ1) is 10.8. The second-order valence-electron chi connectivity index (χ2n) is 6.01. The van der Waals surface area contributed by atoms with Gasteiger partial charge in [0.2, 0.25) is 0 Å². The molecule has 2 rings (SSSR count). The van der Waals surface area contributed by atoms with Crippen LogP contribution in [-0.4, -0.2) is 19.9 Å². The summed E-state index contributed by atoms with van der Waals surface area (Å²) in [5.41, 5.74) is -0.172. The molecule has 0 amide bonds. The lowest BCUT2D eigenvalue weighted by molar-refractivity contribution is 0.361. The highest BCUT2D eigenvalue weighted by molar-refractivity contribution is 5.22. The Morgan fingerprint density at radius 2 is 1.50 bits per heavy atom. The topological polar surface area (TPSA) is 54.5 Å². The van der Waals surface area contributed by atoms with Crippen molar-refractivity contribution in [2.75, 3.05) is 0 Å². The summed E-state index contributed by atoms with van der Waals surface area (Å²) in [5, 5.41) is 0. The monoisotopic (exact) mass is 300 g/mol. The van der Waals surface area contributed by atoms with E-state index in [2.05, 4.69) is 33.8 Å². The first-order valence-electron chi connectivity index (χ1n) is 8.61. The van der Waals surface area contributed by atoms with Crippen LogP contribution in [0.2, 0.25) is 0 Å². The van der Waals surface area contributed by atoms with Crippen molar-refractivity contribution < 1.29 is 0 Å². The zero-order valence-electron chi connectivity index (χ0n) is 13.9. The number of H-pyrrole nitrogens is 1. The lowest BCUT2D eigenvalue weighted by Gasteiger charge is -2.30. The van der Waals surface area contributed by atoms with E-state index >= 15 is 0 Å². The molecule has 0 aromatic carbocycles. The minimum absolute atomic E-state index is 0.172. The number of imidazole rings is 1. The van der Waals surface area contributed by atoms with Crippen molar-refractivity contribution in [2.24, 2.45) is 0 Å². The van der Waals surface area contributed by atoms with Gasteiger partial charge in [0, 0.05) is 24.8 Å². The molecule has 0 atom stereocenters. The summed E-state index contributed by atoms with van der Waals surface area (Å²) in [6, 6.07) is 1.88. The Morgan fingerprint density at radius 1 is 0.864 bits per heavy atom. The fourth-order valence-electron chi connectivity index (χ4n) is 3.12. The third-order valence-corrected chi connectivity index (χ3v) is 4.36. The predicted octanol–water partition coefficient (Wildman–Crippen LogP) is 4.65. The molecule has 0 saturated heterocycles. The summed E-state index contributed by atoms with van der Waals surface area (Å²) >= 11 is 0. The Hall–Kier alpha value is -1.71. The molecular weight excluding hydrogens is 272 g/mol. The van der Waals surface area contributed by atoms with Crippen LogP contribution >= 0.6 is 0 Å². The van der Waals surface area contributed by atoms with Crippen molar-refractivity contribution in [3.63, 3.8) is 0 Å². The Kier molecular flexibility index (Phi) is 6.56. The Labute approximate surface area is 133 Å². The largest absolute Gasteiger partial charge is 0.348 e. The third kappa shape index (κ3) is 3.93.